The lowest BCUT2D eigenvalue weighted by atomic mass is 10.2. The number of hydrogen-bond donors (Lipinski definition) is 3. The Hall–Kier alpha value is -1.31. The molecule has 0 spiro atoms. The highest BCUT2D eigenvalue weighted by Gasteiger charge is 2.13. The molecule has 0 unspecified atom stereocenters. The molecule has 1 rings (SSSR count). The standard InChI is InChI=1S/C7H7ClN2O4S/c8-4-1-2-6(10-15(9,13)14)5(3-4)7(11)12/h1-3,10H,(H,11,12)(H2,9,13,14). The molecule has 0 bridgehead atoms. The molecule has 4 N–H and O–H groups in total. The molecule has 0 atom stereocenters. The molecule has 0 heterocycles. The molecule has 0 fully saturated rings. The predicted molar refractivity (Wildman–Crippen MR) is 55.1 cm³/mol. The second-order valence-corrected chi connectivity index (χ2v) is 4.37. The Labute approximate surface area is 90.8 Å². The second kappa shape index (κ2) is 4.05. The van der Waals surface area contributed by atoms with E-state index < -0.39 is 16.2 Å². The summed E-state index contributed by atoms with van der Waals surface area (Å²) >= 11 is 5.56. The Kier molecular flexibility index (Phi) is 3.18. The zero-order chi connectivity index (χ0) is 11.6. The Morgan fingerprint density at radius 1 is 1.47 bits per heavy atom. The van der Waals surface area contributed by atoms with Gasteiger partial charge in [-0.1, -0.05) is 11.6 Å². The number of rotatable bonds is 3. The van der Waals surface area contributed by atoms with Crippen molar-refractivity contribution in [2.75, 3.05) is 4.72 Å². The van der Waals surface area contributed by atoms with E-state index in [9.17, 15) is 13.2 Å². The summed E-state index contributed by atoms with van der Waals surface area (Å²) in [5.41, 5.74) is -0.397. The van der Waals surface area contributed by atoms with Crippen molar-refractivity contribution in [3.63, 3.8) is 0 Å². The zero-order valence-corrected chi connectivity index (χ0v) is 8.84. The van der Waals surface area contributed by atoms with Gasteiger partial charge in [-0.3, -0.25) is 4.72 Å². The van der Waals surface area contributed by atoms with Gasteiger partial charge in [0.15, 0.2) is 0 Å². The second-order valence-electron chi connectivity index (χ2n) is 2.64. The molecule has 0 radical (unpaired) electrons. The molecule has 0 aliphatic carbocycles. The number of aromatic carboxylic acids is 1. The fourth-order valence-electron chi connectivity index (χ4n) is 0.936. The summed E-state index contributed by atoms with van der Waals surface area (Å²) in [5, 5.41) is 13.6. The summed E-state index contributed by atoms with van der Waals surface area (Å²) in [6.07, 6.45) is 0. The van der Waals surface area contributed by atoms with Crippen molar-refractivity contribution in [2.24, 2.45) is 5.14 Å². The highest BCUT2D eigenvalue weighted by molar-refractivity contribution is 7.90. The minimum Gasteiger partial charge on any atom is -0.478 e. The molecular weight excluding hydrogens is 244 g/mol. The lowest BCUT2D eigenvalue weighted by Crippen LogP contribution is -2.23. The van der Waals surface area contributed by atoms with Crippen LogP contribution in [0.25, 0.3) is 0 Å². The SMILES string of the molecule is NS(=O)(=O)Nc1ccc(Cl)cc1C(=O)O. The fourth-order valence-corrected chi connectivity index (χ4v) is 1.59. The lowest BCUT2D eigenvalue weighted by Gasteiger charge is -2.07. The molecule has 6 nitrogen and oxygen atoms in total. The topological polar surface area (TPSA) is 109 Å². The summed E-state index contributed by atoms with van der Waals surface area (Å²) in [5.74, 6) is -1.30. The van der Waals surface area contributed by atoms with E-state index in [0.717, 1.165) is 6.07 Å². The summed E-state index contributed by atoms with van der Waals surface area (Å²) < 4.78 is 23.3. The van der Waals surface area contributed by atoms with Gasteiger partial charge in [-0.15, -0.1) is 0 Å². The highest BCUT2D eigenvalue weighted by Crippen LogP contribution is 2.21. The minimum atomic E-state index is -4.00. The van der Waals surface area contributed by atoms with Crippen molar-refractivity contribution in [1.82, 2.24) is 0 Å². The maximum Gasteiger partial charge on any atom is 0.337 e. The van der Waals surface area contributed by atoms with Gasteiger partial charge in [-0.05, 0) is 18.2 Å². The largest absolute Gasteiger partial charge is 0.478 e. The van der Waals surface area contributed by atoms with E-state index in [1.165, 1.54) is 12.1 Å². The fraction of sp³-hybridized carbons (Fsp3) is 0. The molecule has 0 aliphatic heterocycles. The first-order chi connectivity index (χ1) is 6.79. The first-order valence-electron chi connectivity index (χ1n) is 3.63. The Morgan fingerprint density at radius 2 is 2.07 bits per heavy atom. The van der Waals surface area contributed by atoms with Crippen LogP contribution in [0.4, 0.5) is 5.69 Å². The number of nitrogens with two attached hydrogens (primary N) is 1. The van der Waals surface area contributed by atoms with Crippen molar-refractivity contribution in [3.05, 3.63) is 28.8 Å². The van der Waals surface area contributed by atoms with Gasteiger partial charge in [0.25, 0.3) is 10.2 Å². The van der Waals surface area contributed by atoms with Crippen LogP contribution in [0.3, 0.4) is 0 Å². The number of benzene rings is 1. The molecule has 1 aromatic carbocycles. The molecule has 15 heavy (non-hydrogen) atoms. The van der Waals surface area contributed by atoms with Crippen molar-refractivity contribution in [1.29, 1.82) is 0 Å². The van der Waals surface area contributed by atoms with E-state index in [1.54, 1.807) is 0 Å². The van der Waals surface area contributed by atoms with E-state index in [2.05, 4.69) is 0 Å². The average Bonchev–Trinajstić information content (AvgIpc) is 2.05. The number of carboxylic acids is 1. The van der Waals surface area contributed by atoms with Crippen LogP contribution < -0.4 is 9.86 Å². The average molecular weight is 251 g/mol. The van der Waals surface area contributed by atoms with Gasteiger partial charge < -0.3 is 5.11 Å². The minimum absolute atomic E-state index is 0.130. The van der Waals surface area contributed by atoms with E-state index in [1.807, 2.05) is 4.72 Å². The van der Waals surface area contributed by atoms with E-state index >= 15 is 0 Å². The summed E-state index contributed by atoms with van der Waals surface area (Å²) in [6, 6.07) is 3.69. The summed E-state index contributed by atoms with van der Waals surface area (Å²) in [4.78, 5) is 10.7. The number of nitrogens with one attached hydrogen (secondary N) is 1. The van der Waals surface area contributed by atoms with E-state index in [-0.39, 0.29) is 16.3 Å². The third-order valence-corrected chi connectivity index (χ3v) is 2.20. The molecule has 8 heteroatoms. The summed E-state index contributed by atoms with van der Waals surface area (Å²) in [6.45, 7) is 0. The van der Waals surface area contributed by atoms with Gasteiger partial charge in [0.05, 0.1) is 11.3 Å². The normalized spacial score (nSPS) is 11.1. The zero-order valence-electron chi connectivity index (χ0n) is 7.27. The maximum atomic E-state index is 10.7. The smallest absolute Gasteiger partial charge is 0.337 e. The molecule has 1 aromatic rings. The molecule has 0 saturated heterocycles. The lowest BCUT2D eigenvalue weighted by molar-refractivity contribution is 0.0698. The Morgan fingerprint density at radius 3 is 2.53 bits per heavy atom. The van der Waals surface area contributed by atoms with Crippen LogP contribution in [0, 0.1) is 0 Å². The van der Waals surface area contributed by atoms with Crippen LogP contribution in [0.1, 0.15) is 10.4 Å². The van der Waals surface area contributed by atoms with Crippen molar-refractivity contribution in [3.8, 4) is 0 Å². The molecular formula is C7H7ClN2O4S. The van der Waals surface area contributed by atoms with Crippen molar-refractivity contribution < 1.29 is 18.3 Å². The number of halogens is 1. The first kappa shape index (κ1) is 11.8. The van der Waals surface area contributed by atoms with Crippen LogP contribution >= 0.6 is 11.6 Å². The molecule has 0 saturated carbocycles. The third-order valence-electron chi connectivity index (χ3n) is 1.46. The Balaban J connectivity index is 3.24. The van der Waals surface area contributed by atoms with Gasteiger partial charge in [-0.25, -0.2) is 9.93 Å². The van der Waals surface area contributed by atoms with Crippen molar-refractivity contribution >= 4 is 33.5 Å². The van der Waals surface area contributed by atoms with Gasteiger partial charge >= 0.3 is 5.97 Å². The van der Waals surface area contributed by atoms with Crippen molar-refractivity contribution in [2.45, 2.75) is 0 Å². The highest BCUT2D eigenvalue weighted by atomic mass is 35.5. The number of carboxylic acid groups (broad SMARTS) is 1. The quantitative estimate of drug-likeness (QED) is 0.732. The van der Waals surface area contributed by atoms with Gasteiger partial charge in [0.2, 0.25) is 0 Å². The third kappa shape index (κ3) is 3.39. The first-order valence-corrected chi connectivity index (χ1v) is 5.55. The van der Waals surface area contributed by atoms with Crippen LogP contribution in [0.5, 0.6) is 0 Å². The van der Waals surface area contributed by atoms with Crippen LogP contribution in [-0.2, 0) is 10.2 Å². The van der Waals surface area contributed by atoms with Crippen LogP contribution in [0.15, 0.2) is 18.2 Å². The summed E-state index contributed by atoms with van der Waals surface area (Å²) in [7, 11) is -4.00. The number of carbonyl (C=O) groups is 1. The van der Waals surface area contributed by atoms with E-state index in [0.29, 0.717) is 0 Å². The monoisotopic (exact) mass is 250 g/mol. The van der Waals surface area contributed by atoms with Crippen LogP contribution in [0.2, 0.25) is 5.02 Å². The molecule has 0 aromatic heterocycles. The van der Waals surface area contributed by atoms with Gasteiger partial charge in [0.1, 0.15) is 0 Å². The molecule has 0 aliphatic rings. The van der Waals surface area contributed by atoms with Crippen LogP contribution in [-0.4, -0.2) is 19.5 Å². The maximum absolute atomic E-state index is 10.7. The predicted octanol–water partition coefficient (Wildman–Crippen LogP) is 0.654. The van der Waals surface area contributed by atoms with E-state index in [4.69, 9.17) is 21.8 Å². The Bertz CT molecular complexity index is 500. The molecule has 82 valence electrons. The number of anilines is 1. The van der Waals surface area contributed by atoms with Gasteiger partial charge in [-0.2, -0.15) is 8.42 Å². The molecule has 0 amide bonds. The number of hydrogen-bond acceptors (Lipinski definition) is 3. The van der Waals surface area contributed by atoms with Gasteiger partial charge in [0, 0.05) is 5.02 Å².